The maximum atomic E-state index is 13.4. The SMILES string of the molecule is COc1ccc(CO[C@H]2[C@H](O)[C@@H](N3C(=O)c4ccccc4C3=O)[C@H](Sc3ccccc3)O[C@@H]2CO)cc1. The Hall–Kier alpha value is -3.21. The van der Waals surface area contributed by atoms with E-state index in [1.807, 2.05) is 42.5 Å². The molecule has 3 aromatic carbocycles. The lowest BCUT2D eigenvalue weighted by Gasteiger charge is -2.46. The summed E-state index contributed by atoms with van der Waals surface area (Å²) in [6.45, 7) is -0.290. The maximum absolute atomic E-state index is 13.4. The zero-order valence-corrected chi connectivity index (χ0v) is 20.9. The summed E-state index contributed by atoms with van der Waals surface area (Å²) in [6.07, 6.45) is -3.18. The van der Waals surface area contributed by atoms with Crippen LogP contribution >= 0.6 is 11.8 Å². The number of carbonyl (C=O) groups is 2. The first-order valence-electron chi connectivity index (χ1n) is 11.9. The van der Waals surface area contributed by atoms with E-state index >= 15 is 0 Å². The van der Waals surface area contributed by atoms with Gasteiger partial charge in [-0.25, -0.2) is 0 Å². The summed E-state index contributed by atoms with van der Waals surface area (Å²) in [5, 5.41) is 21.8. The molecule has 2 heterocycles. The fourth-order valence-electron chi connectivity index (χ4n) is 4.66. The molecular weight excluding hydrogens is 494 g/mol. The number of hydrogen-bond donors (Lipinski definition) is 2. The van der Waals surface area contributed by atoms with Crippen LogP contribution in [0.15, 0.2) is 83.8 Å². The highest BCUT2D eigenvalue weighted by Gasteiger charge is 2.53. The van der Waals surface area contributed by atoms with Crippen LogP contribution in [0, 0.1) is 0 Å². The minimum absolute atomic E-state index is 0.122. The van der Waals surface area contributed by atoms with Crippen molar-refractivity contribution in [3.05, 3.63) is 95.6 Å². The van der Waals surface area contributed by atoms with Crippen LogP contribution in [-0.2, 0) is 16.1 Å². The molecule has 0 unspecified atom stereocenters. The average molecular weight is 522 g/mol. The average Bonchev–Trinajstić information content (AvgIpc) is 3.18. The van der Waals surface area contributed by atoms with Gasteiger partial charge < -0.3 is 24.4 Å². The summed E-state index contributed by atoms with van der Waals surface area (Å²) < 4.78 is 17.5. The molecule has 5 rings (SSSR count). The Balaban J connectivity index is 1.45. The molecule has 1 saturated heterocycles. The molecular formula is C28H27NO7S. The molecule has 1 fully saturated rings. The van der Waals surface area contributed by atoms with Crippen molar-refractivity contribution in [2.24, 2.45) is 0 Å². The molecule has 0 radical (unpaired) electrons. The third-order valence-corrected chi connectivity index (χ3v) is 7.71. The molecule has 37 heavy (non-hydrogen) atoms. The molecule has 5 atom stereocenters. The number of benzene rings is 3. The number of thioether (sulfide) groups is 1. The zero-order valence-electron chi connectivity index (χ0n) is 20.1. The third-order valence-electron chi connectivity index (χ3n) is 6.54. The second-order valence-corrected chi connectivity index (χ2v) is 9.96. The summed E-state index contributed by atoms with van der Waals surface area (Å²) in [7, 11) is 1.58. The van der Waals surface area contributed by atoms with Crippen molar-refractivity contribution in [3.63, 3.8) is 0 Å². The number of methoxy groups -OCH3 is 1. The minimum atomic E-state index is -1.31. The minimum Gasteiger partial charge on any atom is -0.497 e. The van der Waals surface area contributed by atoms with E-state index in [2.05, 4.69) is 0 Å². The number of imide groups is 1. The van der Waals surface area contributed by atoms with E-state index in [1.165, 1.54) is 11.8 Å². The highest BCUT2D eigenvalue weighted by Crippen LogP contribution is 2.39. The van der Waals surface area contributed by atoms with Crippen molar-refractivity contribution in [1.29, 1.82) is 0 Å². The summed E-state index contributed by atoms with van der Waals surface area (Å²) >= 11 is 1.28. The molecule has 2 amide bonds. The van der Waals surface area contributed by atoms with Crippen LogP contribution in [-0.4, -0.2) is 70.4 Å². The third kappa shape index (κ3) is 5.01. The van der Waals surface area contributed by atoms with Gasteiger partial charge in [0.2, 0.25) is 0 Å². The molecule has 9 heteroatoms. The molecule has 8 nitrogen and oxygen atoms in total. The number of aliphatic hydroxyl groups is 2. The Morgan fingerprint density at radius 2 is 1.54 bits per heavy atom. The number of nitrogens with zero attached hydrogens (tertiary/aromatic N) is 1. The Bertz CT molecular complexity index is 1220. The van der Waals surface area contributed by atoms with Crippen molar-refractivity contribution in [2.45, 2.75) is 41.3 Å². The quantitative estimate of drug-likeness (QED) is 0.436. The number of ether oxygens (including phenoxy) is 3. The molecule has 0 saturated carbocycles. The first-order chi connectivity index (χ1) is 18.0. The predicted molar refractivity (Wildman–Crippen MR) is 136 cm³/mol. The van der Waals surface area contributed by atoms with Gasteiger partial charge in [0.15, 0.2) is 0 Å². The first-order valence-corrected chi connectivity index (χ1v) is 12.8. The van der Waals surface area contributed by atoms with Gasteiger partial charge in [0.05, 0.1) is 31.5 Å². The van der Waals surface area contributed by atoms with Crippen LogP contribution in [0.2, 0.25) is 0 Å². The predicted octanol–water partition coefficient (Wildman–Crippen LogP) is 3.12. The summed E-state index contributed by atoms with van der Waals surface area (Å²) in [5.41, 5.74) is 0.548. The van der Waals surface area contributed by atoms with Crippen molar-refractivity contribution >= 4 is 23.6 Å². The number of fused-ring (bicyclic) bond motifs is 1. The molecule has 0 bridgehead atoms. The number of amides is 2. The molecule has 192 valence electrons. The van der Waals surface area contributed by atoms with E-state index in [1.54, 1.807) is 43.5 Å². The van der Waals surface area contributed by atoms with Crippen LogP contribution in [0.25, 0.3) is 0 Å². The van der Waals surface area contributed by atoms with Crippen molar-refractivity contribution in [1.82, 2.24) is 4.90 Å². The Labute approximate surface area is 218 Å². The van der Waals surface area contributed by atoms with Gasteiger partial charge in [-0.1, -0.05) is 54.2 Å². The first kappa shape index (κ1) is 25.4. The van der Waals surface area contributed by atoms with Crippen LogP contribution < -0.4 is 4.74 Å². The monoisotopic (exact) mass is 521 g/mol. The van der Waals surface area contributed by atoms with E-state index in [0.29, 0.717) is 5.75 Å². The molecule has 3 aromatic rings. The standard InChI is InChI=1S/C28H27NO7S/c1-34-18-13-11-17(12-14-18)16-35-25-22(15-30)36-28(37-19-7-3-2-4-8-19)23(24(25)31)29-26(32)20-9-5-6-10-21(20)27(29)33/h2-14,22-25,28,30-31H,15-16H2,1H3/t22-,23-,24-,25-,28+/m1/s1. The summed E-state index contributed by atoms with van der Waals surface area (Å²) in [6, 6.07) is 22.1. The van der Waals surface area contributed by atoms with Gasteiger partial charge in [0, 0.05) is 4.90 Å². The Morgan fingerprint density at radius 1 is 0.919 bits per heavy atom. The largest absolute Gasteiger partial charge is 0.497 e. The fraction of sp³-hybridized carbons (Fsp3) is 0.286. The Kier molecular flexibility index (Phi) is 7.59. The van der Waals surface area contributed by atoms with E-state index in [-0.39, 0.29) is 17.7 Å². The molecule has 2 aliphatic heterocycles. The second kappa shape index (κ2) is 11.0. The lowest BCUT2D eigenvalue weighted by atomic mass is 9.96. The molecule has 2 aliphatic rings. The van der Waals surface area contributed by atoms with Gasteiger partial charge in [0.1, 0.15) is 35.5 Å². The summed E-state index contributed by atoms with van der Waals surface area (Å²) in [5.74, 6) is -0.295. The van der Waals surface area contributed by atoms with Crippen LogP contribution in [0.5, 0.6) is 5.75 Å². The van der Waals surface area contributed by atoms with Gasteiger partial charge in [-0.3, -0.25) is 14.5 Å². The van der Waals surface area contributed by atoms with E-state index in [9.17, 15) is 19.8 Å². The molecule has 0 spiro atoms. The van der Waals surface area contributed by atoms with Gasteiger partial charge in [0.25, 0.3) is 11.8 Å². The number of rotatable bonds is 8. The van der Waals surface area contributed by atoms with E-state index in [0.717, 1.165) is 15.4 Å². The van der Waals surface area contributed by atoms with Gasteiger partial charge in [-0.2, -0.15) is 0 Å². The smallest absolute Gasteiger partial charge is 0.262 e. The molecule has 0 aliphatic carbocycles. The van der Waals surface area contributed by atoms with Gasteiger partial charge in [-0.15, -0.1) is 0 Å². The summed E-state index contributed by atoms with van der Waals surface area (Å²) in [4.78, 5) is 28.7. The highest BCUT2D eigenvalue weighted by atomic mass is 32.2. The Morgan fingerprint density at radius 3 is 2.14 bits per heavy atom. The molecule has 0 aromatic heterocycles. The van der Waals surface area contributed by atoms with Crippen LogP contribution in [0.3, 0.4) is 0 Å². The highest BCUT2D eigenvalue weighted by molar-refractivity contribution is 7.99. The topological polar surface area (TPSA) is 106 Å². The number of carbonyl (C=O) groups excluding carboxylic acids is 2. The lowest BCUT2D eigenvalue weighted by molar-refractivity contribution is -0.203. The van der Waals surface area contributed by atoms with Gasteiger partial charge >= 0.3 is 0 Å². The van der Waals surface area contributed by atoms with E-state index < -0.39 is 48.2 Å². The van der Waals surface area contributed by atoms with Crippen LogP contribution in [0.1, 0.15) is 26.3 Å². The van der Waals surface area contributed by atoms with Crippen molar-refractivity contribution in [2.75, 3.05) is 13.7 Å². The lowest BCUT2D eigenvalue weighted by Crippen LogP contribution is -2.64. The zero-order chi connectivity index (χ0) is 25.9. The van der Waals surface area contributed by atoms with Crippen molar-refractivity contribution in [3.8, 4) is 5.75 Å². The molecule has 2 N–H and O–H groups in total. The van der Waals surface area contributed by atoms with Crippen molar-refractivity contribution < 1.29 is 34.0 Å². The number of hydrogen-bond acceptors (Lipinski definition) is 8. The fourth-order valence-corrected chi connectivity index (χ4v) is 5.86. The normalized spacial score (nSPS) is 25.3. The van der Waals surface area contributed by atoms with Crippen LogP contribution in [0.4, 0.5) is 0 Å². The number of aliphatic hydroxyl groups excluding tert-OH is 2. The van der Waals surface area contributed by atoms with E-state index in [4.69, 9.17) is 14.2 Å². The van der Waals surface area contributed by atoms with Gasteiger partial charge in [-0.05, 0) is 42.0 Å². The second-order valence-electron chi connectivity index (χ2n) is 8.79. The maximum Gasteiger partial charge on any atom is 0.262 e.